The van der Waals surface area contributed by atoms with Crippen LogP contribution in [0.2, 0.25) is 0 Å². The van der Waals surface area contributed by atoms with Gasteiger partial charge in [-0.1, -0.05) is 17.6 Å². The van der Waals surface area contributed by atoms with Gasteiger partial charge in [0.25, 0.3) is 0 Å². The number of nitrogens with zero attached hydrogens (tertiary/aromatic N) is 3. The van der Waals surface area contributed by atoms with Crippen molar-refractivity contribution >= 4 is 33.9 Å². The highest BCUT2D eigenvalue weighted by Gasteiger charge is 2.17. The molecule has 2 heterocycles. The van der Waals surface area contributed by atoms with Gasteiger partial charge < -0.3 is 25.0 Å². The Bertz CT molecular complexity index is 1410. The van der Waals surface area contributed by atoms with Crippen LogP contribution in [0.25, 0.3) is 10.9 Å². The van der Waals surface area contributed by atoms with Crippen molar-refractivity contribution in [2.24, 2.45) is 0 Å². The number of fused-ring (bicyclic) bond motifs is 1. The first kappa shape index (κ1) is 25.7. The Kier molecular flexibility index (Phi) is 8.37. The number of pyridine rings is 1. The number of rotatable bonds is 8. The highest BCUT2D eigenvalue weighted by molar-refractivity contribution is 6.05. The summed E-state index contributed by atoms with van der Waals surface area (Å²) < 4.78 is 10.7. The van der Waals surface area contributed by atoms with Crippen LogP contribution in [0.3, 0.4) is 0 Å². The van der Waals surface area contributed by atoms with E-state index in [9.17, 15) is 10.1 Å². The molecular weight excluding hydrogens is 466 g/mol. The Morgan fingerprint density at radius 1 is 1.24 bits per heavy atom. The van der Waals surface area contributed by atoms with E-state index in [2.05, 4.69) is 32.5 Å². The molecular formula is C29H29N5O3. The zero-order valence-electron chi connectivity index (χ0n) is 21.0. The molecule has 1 aliphatic rings. The maximum absolute atomic E-state index is 12.9. The molecule has 1 fully saturated rings. The third kappa shape index (κ3) is 6.25. The van der Waals surface area contributed by atoms with Crippen LogP contribution in [-0.4, -0.2) is 56.3 Å². The Hall–Kier alpha value is -4.37. The molecule has 1 aliphatic heterocycles. The summed E-state index contributed by atoms with van der Waals surface area (Å²) in [5, 5.41) is 16.7. The number of piperidine rings is 1. The van der Waals surface area contributed by atoms with Crippen molar-refractivity contribution in [1.82, 2.24) is 9.88 Å². The van der Waals surface area contributed by atoms with Crippen LogP contribution in [0.5, 0.6) is 5.75 Å². The van der Waals surface area contributed by atoms with Gasteiger partial charge in [-0.2, -0.15) is 5.26 Å². The van der Waals surface area contributed by atoms with E-state index >= 15 is 0 Å². The van der Waals surface area contributed by atoms with Gasteiger partial charge in [0.05, 0.1) is 36.2 Å². The molecule has 2 N–H and O–H groups in total. The summed E-state index contributed by atoms with van der Waals surface area (Å²) in [5.41, 5.74) is 4.61. The maximum atomic E-state index is 12.9. The predicted molar refractivity (Wildman–Crippen MR) is 145 cm³/mol. The van der Waals surface area contributed by atoms with Crippen LogP contribution in [0.4, 0.5) is 17.1 Å². The topological polar surface area (TPSA) is 99.5 Å². The van der Waals surface area contributed by atoms with Crippen molar-refractivity contribution < 1.29 is 14.3 Å². The summed E-state index contributed by atoms with van der Waals surface area (Å²) >= 11 is 0. The van der Waals surface area contributed by atoms with E-state index in [1.165, 1.54) is 6.20 Å². The van der Waals surface area contributed by atoms with Crippen LogP contribution in [0.1, 0.15) is 24.0 Å². The minimum atomic E-state index is -0.224. The molecule has 1 amide bonds. The molecule has 0 spiro atoms. The van der Waals surface area contributed by atoms with Crippen molar-refractivity contribution in [3.8, 4) is 24.2 Å². The molecule has 188 valence electrons. The smallest absolute Gasteiger partial charge is 0.248 e. The quantitative estimate of drug-likeness (QED) is 0.352. The fraction of sp³-hybridized carbons (Fsp3) is 0.276. The van der Waals surface area contributed by atoms with Crippen LogP contribution in [0, 0.1) is 23.7 Å². The number of terminal acetylenes is 1. The third-order valence-electron chi connectivity index (χ3n) is 6.31. The minimum absolute atomic E-state index is 0.224. The summed E-state index contributed by atoms with van der Waals surface area (Å²) in [5.74, 6) is 2.87. The van der Waals surface area contributed by atoms with E-state index in [1.807, 2.05) is 24.3 Å². The van der Waals surface area contributed by atoms with Gasteiger partial charge in [-0.3, -0.25) is 9.78 Å². The van der Waals surface area contributed by atoms with Crippen molar-refractivity contribution in [2.45, 2.75) is 12.8 Å². The molecule has 0 atom stereocenters. The zero-order valence-corrected chi connectivity index (χ0v) is 21.0. The molecule has 3 aromatic rings. The van der Waals surface area contributed by atoms with Crippen molar-refractivity contribution in [2.75, 3.05) is 51.1 Å². The van der Waals surface area contributed by atoms with Gasteiger partial charge in [0.15, 0.2) is 0 Å². The summed E-state index contributed by atoms with van der Waals surface area (Å²) in [6.07, 6.45) is 10.4. The van der Waals surface area contributed by atoms with E-state index in [0.29, 0.717) is 45.8 Å². The van der Waals surface area contributed by atoms with E-state index in [1.54, 1.807) is 32.4 Å². The molecule has 1 saturated heterocycles. The van der Waals surface area contributed by atoms with Gasteiger partial charge in [0.1, 0.15) is 11.8 Å². The second kappa shape index (κ2) is 12.0. The molecule has 0 unspecified atom stereocenters. The lowest BCUT2D eigenvalue weighted by Crippen LogP contribution is -2.33. The molecule has 0 radical (unpaired) electrons. The number of nitrogens with one attached hydrogen (secondary N) is 2. The Balaban J connectivity index is 1.61. The number of benzene rings is 2. The van der Waals surface area contributed by atoms with E-state index in [-0.39, 0.29) is 5.91 Å². The van der Waals surface area contributed by atoms with Gasteiger partial charge in [0, 0.05) is 61.7 Å². The van der Waals surface area contributed by atoms with Gasteiger partial charge in [-0.25, -0.2) is 0 Å². The summed E-state index contributed by atoms with van der Waals surface area (Å²) in [6, 6.07) is 13.1. The average Bonchev–Trinajstić information content (AvgIpc) is 2.92. The molecule has 2 aromatic carbocycles. The standard InChI is InChI=1S/C29H29N5O3/c1-4-20-6-5-7-23(14-20)32-29-22(18-30)19-31-25-17-27(37-3)26(16-24(25)29)33-28(35)15-21-8-10-34(11-9-21)12-13-36-2/h1,5-7,14-17,19H,8-13H2,2-3H3,(H,31,32)(H,33,35). The molecule has 0 saturated carbocycles. The number of aromatic nitrogens is 1. The highest BCUT2D eigenvalue weighted by Crippen LogP contribution is 2.36. The van der Waals surface area contributed by atoms with Crippen molar-refractivity contribution in [3.63, 3.8) is 0 Å². The van der Waals surface area contributed by atoms with Crippen molar-refractivity contribution in [1.29, 1.82) is 5.26 Å². The lowest BCUT2D eigenvalue weighted by molar-refractivity contribution is -0.112. The number of hydrogen-bond donors (Lipinski definition) is 2. The average molecular weight is 496 g/mol. The summed E-state index contributed by atoms with van der Waals surface area (Å²) in [7, 11) is 3.24. The Morgan fingerprint density at radius 3 is 2.76 bits per heavy atom. The number of hydrogen-bond acceptors (Lipinski definition) is 7. The molecule has 0 aliphatic carbocycles. The van der Waals surface area contributed by atoms with E-state index in [4.69, 9.17) is 15.9 Å². The van der Waals surface area contributed by atoms with Gasteiger partial charge >= 0.3 is 0 Å². The largest absolute Gasteiger partial charge is 0.494 e. The molecule has 4 rings (SSSR count). The summed E-state index contributed by atoms with van der Waals surface area (Å²) in [6.45, 7) is 3.41. The lowest BCUT2D eigenvalue weighted by atomic mass is 10.0. The molecule has 1 aromatic heterocycles. The SMILES string of the molecule is C#Cc1cccc(Nc2c(C#N)cnc3cc(OC)c(NC(=O)C=C4CCN(CCOC)CC4)cc23)c1. The van der Waals surface area contributed by atoms with Crippen LogP contribution >= 0.6 is 0 Å². The fourth-order valence-corrected chi connectivity index (χ4v) is 4.32. The number of likely N-dealkylation sites (tertiary alicyclic amines) is 1. The normalized spacial score (nSPS) is 13.5. The van der Waals surface area contributed by atoms with Crippen LogP contribution in [0.15, 0.2) is 54.2 Å². The van der Waals surface area contributed by atoms with Gasteiger partial charge in [-0.05, 0) is 37.1 Å². The minimum Gasteiger partial charge on any atom is -0.494 e. The molecule has 8 heteroatoms. The van der Waals surface area contributed by atoms with Crippen LogP contribution < -0.4 is 15.4 Å². The number of amides is 1. The number of nitriles is 1. The van der Waals surface area contributed by atoms with E-state index in [0.717, 1.165) is 43.7 Å². The first-order valence-corrected chi connectivity index (χ1v) is 12.0. The van der Waals surface area contributed by atoms with Crippen molar-refractivity contribution in [3.05, 3.63) is 65.4 Å². The van der Waals surface area contributed by atoms with Gasteiger partial charge in [-0.15, -0.1) is 6.42 Å². The molecule has 8 nitrogen and oxygen atoms in total. The fourth-order valence-electron chi connectivity index (χ4n) is 4.32. The van der Waals surface area contributed by atoms with Crippen LogP contribution in [-0.2, 0) is 9.53 Å². The summed E-state index contributed by atoms with van der Waals surface area (Å²) in [4.78, 5) is 19.7. The lowest BCUT2D eigenvalue weighted by Gasteiger charge is -2.27. The number of carbonyl (C=O) groups is 1. The van der Waals surface area contributed by atoms with Gasteiger partial charge in [0.2, 0.25) is 5.91 Å². The second-order valence-electron chi connectivity index (χ2n) is 8.70. The second-order valence-corrected chi connectivity index (χ2v) is 8.70. The monoisotopic (exact) mass is 495 g/mol. The number of anilines is 3. The number of ether oxygens (including phenoxy) is 2. The van der Waals surface area contributed by atoms with E-state index < -0.39 is 0 Å². The Labute approximate surface area is 216 Å². The zero-order chi connectivity index (χ0) is 26.2. The number of methoxy groups -OCH3 is 2. The highest BCUT2D eigenvalue weighted by atomic mass is 16.5. The third-order valence-corrected chi connectivity index (χ3v) is 6.31. The first-order valence-electron chi connectivity index (χ1n) is 12.0. The first-order chi connectivity index (χ1) is 18.0. The molecule has 0 bridgehead atoms. The predicted octanol–water partition coefficient (Wildman–Crippen LogP) is 4.45. The molecule has 37 heavy (non-hydrogen) atoms. The maximum Gasteiger partial charge on any atom is 0.248 e. The Morgan fingerprint density at radius 2 is 2.05 bits per heavy atom. The number of carbonyl (C=O) groups excluding carboxylic acids is 1.